The summed E-state index contributed by atoms with van der Waals surface area (Å²) in [5.41, 5.74) is 1.66. The molecule has 0 saturated carbocycles. The second-order valence-electron chi connectivity index (χ2n) is 6.96. The number of hydrogen-bond donors (Lipinski definition) is 2. The summed E-state index contributed by atoms with van der Waals surface area (Å²) in [5, 5.41) is 4.62. The highest BCUT2D eigenvalue weighted by Gasteiger charge is 2.19. The van der Waals surface area contributed by atoms with Crippen LogP contribution in [0.2, 0.25) is 5.02 Å². The molecular formula is C21H15ClFN7O. The van der Waals surface area contributed by atoms with Crippen LogP contribution in [0.1, 0.15) is 18.7 Å². The number of benzene rings is 1. The molecule has 1 aromatic carbocycles. The molecule has 8 nitrogen and oxygen atoms in total. The van der Waals surface area contributed by atoms with E-state index in [4.69, 9.17) is 11.6 Å². The molecule has 0 aliphatic rings. The van der Waals surface area contributed by atoms with E-state index in [2.05, 4.69) is 30.2 Å². The van der Waals surface area contributed by atoms with Crippen molar-refractivity contribution in [3.8, 4) is 5.69 Å². The first-order chi connectivity index (χ1) is 15.0. The van der Waals surface area contributed by atoms with E-state index in [1.807, 2.05) is 19.1 Å². The molecule has 0 radical (unpaired) electrons. The number of rotatable bonds is 4. The van der Waals surface area contributed by atoms with Crippen LogP contribution < -0.4 is 10.9 Å². The monoisotopic (exact) mass is 435 g/mol. The number of fused-ring (bicyclic) bond motifs is 2. The van der Waals surface area contributed by atoms with Gasteiger partial charge in [0, 0.05) is 11.8 Å². The predicted octanol–water partition coefficient (Wildman–Crippen LogP) is 4.02. The van der Waals surface area contributed by atoms with E-state index in [1.54, 1.807) is 12.1 Å². The van der Waals surface area contributed by atoms with Crippen LogP contribution in [0.4, 0.5) is 10.2 Å². The van der Waals surface area contributed by atoms with Crippen LogP contribution in [0.5, 0.6) is 0 Å². The molecule has 4 heterocycles. The molecule has 5 aromatic rings. The van der Waals surface area contributed by atoms with Crippen LogP contribution in [-0.4, -0.2) is 29.5 Å². The Morgan fingerprint density at radius 2 is 2.06 bits per heavy atom. The zero-order chi connectivity index (χ0) is 21.5. The van der Waals surface area contributed by atoms with Crippen LogP contribution in [0.15, 0.2) is 60.2 Å². The lowest BCUT2D eigenvalue weighted by Crippen LogP contribution is -2.26. The maximum Gasteiger partial charge on any atom is 0.264 e. The quantitative estimate of drug-likeness (QED) is 0.442. The number of pyridine rings is 2. The molecule has 0 saturated heterocycles. The Bertz CT molecular complexity index is 1500. The van der Waals surface area contributed by atoms with Gasteiger partial charge in [0.05, 0.1) is 40.9 Å². The molecule has 0 aliphatic heterocycles. The number of halogens is 2. The fourth-order valence-electron chi connectivity index (χ4n) is 3.60. The molecule has 31 heavy (non-hydrogen) atoms. The van der Waals surface area contributed by atoms with Crippen molar-refractivity contribution in [2.45, 2.75) is 13.0 Å². The number of aromatic amines is 1. The van der Waals surface area contributed by atoms with Crippen molar-refractivity contribution < 1.29 is 4.39 Å². The van der Waals surface area contributed by atoms with Crippen molar-refractivity contribution in [2.75, 3.05) is 5.32 Å². The van der Waals surface area contributed by atoms with Crippen molar-refractivity contribution >= 4 is 39.4 Å². The predicted molar refractivity (Wildman–Crippen MR) is 116 cm³/mol. The van der Waals surface area contributed by atoms with Gasteiger partial charge in [-0.1, -0.05) is 23.7 Å². The van der Waals surface area contributed by atoms with Gasteiger partial charge in [-0.15, -0.1) is 0 Å². The number of aromatic nitrogens is 6. The number of hydrogen-bond acceptors (Lipinski definition) is 6. The van der Waals surface area contributed by atoms with E-state index in [1.165, 1.54) is 29.5 Å². The first-order valence-electron chi connectivity index (χ1n) is 9.38. The Morgan fingerprint density at radius 3 is 2.90 bits per heavy atom. The summed E-state index contributed by atoms with van der Waals surface area (Å²) >= 11 is 6.32. The normalized spacial score (nSPS) is 12.4. The number of imidazole rings is 1. The Labute approximate surface area is 179 Å². The van der Waals surface area contributed by atoms with Crippen LogP contribution in [0.25, 0.3) is 27.6 Å². The van der Waals surface area contributed by atoms with Gasteiger partial charge >= 0.3 is 0 Å². The molecule has 0 amide bonds. The maximum absolute atomic E-state index is 13.9. The summed E-state index contributed by atoms with van der Waals surface area (Å²) in [5.74, 6) is -0.0504. The minimum absolute atomic E-state index is 0.295. The zero-order valence-corrected chi connectivity index (χ0v) is 16.9. The van der Waals surface area contributed by atoms with Gasteiger partial charge < -0.3 is 10.3 Å². The summed E-state index contributed by atoms with van der Waals surface area (Å²) in [7, 11) is 0. The first-order valence-corrected chi connectivity index (χ1v) is 9.76. The van der Waals surface area contributed by atoms with Gasteiger partial charge in [0.25, 0.3) is 5.56 Å². The maximum atomic E-state index is 13.9. The Balaban J connectivity index is 1.72. The number of H-pyrrole nitrogens is 1. The molecule has 0 unspecified atom stereocenters. The van der Waals surface area contributed by atoms with E-state index < -0.39 is 11.9 Å². The zero-order valence-electron chi connectivity index (χ0n) is 16.2. The van der Waals surface area contributed by atoms with E-state index in [0.717, 1.165) is 6.20 Å². The summed E-state index contributed by atoms with van der Waals surface area (Å²) in [4.78, 5) is 33.0. The lowest BCUT2D eigenvalue weighted by Gasteiger charge is -2.21. The van der Waals surface area contributed by atoms with Crippen LogP contribution in [0.3, 0.4) is 0 Å². The molecule has 10 heteroatoms. The van der Waals surface area contributed by atoms with Crippen LogP contribution in [-0.2, 0) is 0 Å². The topological polar surface area (TPSA) is 101 Å². The van der Waals surface area contributed by atoms with Gasteiger partial charge in [-0.25, -0.2) is 19.3 Å². The average Bonchev–Trinajstić information content (AvgIpc) is 3.23. The second-order valence-corrected chi connectivity index (χ2v) is 7.37. The minimum atomic E-state index is -0.552. The van der Waals surface area contributed by atoms with Gasteiger partial charge in [-0.2, -0.15) is 0 Å². The Hall–Kier alpha value is -3.85. The largest absolute Gasteiger partial charge is 0.360 e. The summed E-state index contributed by atoms with van der Waals surface area (Å²) in [6.45, 7) is 1.87. The van der Waals surface area contributed by atoms with Gasteiger partial charge in [0.1, 0.15) is 17.7 Å². The third-order valence-corrected chi connectivity index (χ3v) is 5.30. The summed E-state index contributed by atoms with van der Waals surface area (Å²) in [6, 6.07) is 7.92. The van der Waals surface area contributed by atoms with Gasteiger partial charge in [0.15, 0.2) is 11.5 Å². The molecular weight excluding hydrogens is 421 g/mol. The smallest absolute Gasteiger partial charge is 0.264 e. The van der Waals surface area contributed by atoms with E-state index >= 15 is 0 Å². The molecule has 1 atom stereocenters. The molecule has 5 rings (SSSR count). The number of anilines is 1. The van der Waals surface area contributed by atoms with E-state index in [-0.39, 0.29) is 5.56 Å². The lowest BCUT2D eigenvalue weighted by atomic mass is 10.1. The van der Waals surface area contributed by atoms with Crippen molar-refractivity contribution in [3.63, 3.8) is 0 Å². The lowest BCUT2D eigenvalue weighted by molar-refractivity contribution is 0.618. The minimum Gasteiger partial charge on any atom is -0.360 e. The standard InChI is InChI=1S/C21H15ClFN7O/c1-11(29-20-18-19(26-9-25-18)27-10-28-20)16-5-12-3-2-4-15(22)17(12)21(31)30(16)14-6-13(23)7-24-8-14/h2-11H,1H3,(H2,25,26,27,28,29)/t11-/m0/s1. The molecule has 4 aromatic heterocycles. The Kier molecular flexibility index (Phi) is 4.59. The van der Waals surface area contributed by atoms with Gasteiger partial charge in [0.2, 0.25) is 0 Å². The summed E-state index contributed by atoms with van der Waals surface area (Å²) < 4.78 is 15.4. The van der Waals surface area contributed by atoms with E-state index in [0.29, 0.717) is 44.2 Å². The number of nitrogens with one attached hydrogen (secondary N) is 2. The molecule has 2 N–H and O–H groups in total. The first kappa shape index (κ1) is 19.1. The molecule has 0 spiro atoms. The van der Waals surface area contributed by atoms with Crippen LogP contribution >= 0.6 is 11.6 Å². The highest BCUT2D eigenvalue weighted by Crippen LogP contribution is 2.28. The van der Waals surface area contributed by atoms with Gasteiger partial charge in [-0.3, -0.25) is 14.3 Å². The molecule has 0 fully saturated rings. The Morgan fingerprint density at radius 1 is 1.19 bits per heavy atom. The fraction of sp³-hybridized carbons (Fsp3) is 0.0952. The van der Waals surface area contributed by atoms with Gasteiger partial charge in [-0.05, 0) is 24.4 Å². The third-order valence-electron chi connectivity index (χ3n) is 4.99. The fourth-order valence-corrected chi connectivity index (χ4v) is 3.86. The van der Waals surface area contributed by atoms with Crippen molar-refractivity contribution in [3.05, 3.63) is 82.3 Å². The second kappa shape index (κ2) is 7.44. The van der Waals surface area contributed by atoms with Crippen LogP contribution in [0, 0.1) is 5.82 Å². The van der Waals surface area contributed by atoms with Crippen molar-refractivity contribution in [1.82, 2.24) is 29.5 Å². The third kappa shape index (κ3) is 3.28. The molecule has 0 bridgehead atoms. The molecule has 154 valence electrons. The average molecular weight is 436 g/mol. The highest BCUT2D eigenvalue weighted by atomic mass is 35.5. The summed E-state index contributed by atoms with van der Waals surface area (Å²) in [6.07, 6.45) is 5.46. The highest BCUT2D eigenvalue weighted by molar-refractivity contribution is 6.35. The molecule has 0 aliphatic carbocycles. The van der Waals surface area contributed by atoms with Crippen molar-refractivity contribution in [2.24, 2.45) is 0 Å². The van der Waals surface area contributed by atoms with E-state index in [9.17, 15) is 9.18 Å². The van der Waals surface area contributed by atoms with Crippen molar-refractivity contribution in [1.29, 1.82) is 0 Å². The SMILES string of the molecule is C[C@H](Nc1ncnc2[nH]cnc12)c1cc2cccc(Cl)c2c(=O)n1-c1cncc(F)c1. The number of nitrogens with zero attached hydrogens (tertiary/aromatic N) is 5.